The van der Waals surface area contributed by atoms with E-state index in [9.17, 15) is 4.79 Å². The van der Waals surface area contributed by atoms with Crippen LogP contribution >= 0.6 is 0 Å². The van der Waals surface area contributed by atoms with Gasteiger partial charge >= 0.3 is 0 Å². The Morgan fingerprint density at radius 3 is 2.67 bits per heavy atom. The van der Waals surface area contributed by atoms with Crippen molar-refractivity contribution in [1.29, 1.82) is 5.26 Å². The fourth-order valence-electron chi connectivity index (χ4n) is 2.10. The van der Waals surface area contributed by atoms with E-state index in [2.05, 4.69) is 6.07 Å². The Bertz CT molecular complexity index is 477. The van der Waals surface area contributed by atoms with Crippen molar-refractivity contribution in [3.63, 3.8) is 0 Å². The Hall–Kier alpha value is -2.06. The van der Waals surface area contributed by atoms with Crippen LogP contribution in [0.5, 0.6) is 0 Å². The van der Waals surface area contributed by atoms with Crippen LogP contribution in [0.2, 0.25) is 0 Å². The quantitative estimate of drug-likeness (QED) is 0.804. The Labute approximate surface area is 106 Å². The number of nitrogens with two attached hydrogens (primary N) is 1. The van der Waals surface area contributed by atoms with Crippen LogP contribution in [0, 0.1) is 11.3 Å². The summed E-state index contributed by atoms with van der Waals surface area (Å²) >= 11 is 0. The average molecular weight is 244 g/mol. The highest BCUT2D eigenvalue weighted by molar-refractivity contribution is 5.83. The summed E-state index contributed by atoms with van der Waals surface area (Å²) in [5, 5.41) is 8.75. The maximum Gasteiger partial charge on any atom is 0.242 e. The lowest BCUT2D eigenvalue weighted by atomic mass is 10.1. The molecule has 5 heteroatoms. The molecule has 1 aromatic carbocycles. The zero-order chi connectivity index (χ0) is 13.1. The molecule has 1 amide bonds. The van der Waals surface area contributed by atoms with Gasteiger partial charge < -0.3 is 15.5 Å². The van der Waals surface area contributed by atoms with Crippen LogP contribution in [0.4, 0.5) is 5.69 Å². The van der Waals surface area contributed by atoms with Gasteiger partial charge in [0.15, 0.2) is 0 Å². The van der Waals surface area contributed by atoms with Gasteiger partial charge in [-0.15, -0.1) is 0 Å². The van der Waals surface area contributed by atoms with Gasteiger partial charge in [-0.3, -0.25) is 4.79 Å². The molecular weight excluding hydrogens is 228 g/mol. The molecule has 1 atom stereocenters. The maximum atomic E-state index is 11.8. The molecular formula is C13H16N4O. The summed E-state index contributed by atoms with van der Waals surface area (Å²) in [5.41, 5.74) is 7.25. The number of benzene rings is 1. The lowest BCUT2D eigenvalue weighted by Gasteiger charge is -2.39. The minimum Gasteiger partial charge on any atom is -0.360 e. The van der Waals surface area contributed by atoms with E-state index in [0.717, 1.165) is 12.2 Å². The Kier molecular flexibility index (Phi) is 3.49. The fourth-order valence-corrected chi connectivity index (χ4v) is 2.10. The largest absolute Gasteiger partial charge is 0.360 e. The molecule has 0 radical (unpaired) electrons. The van der Waals surface area contributed by atoms with Crippen LogP contribution in [0.3, 0.4) is 0 Å². The van der Waals surface area contributed by atoms with Crippen molar-refractivity contribution >= 4 is 11.6 Å². The van der Waals surface area contributed by atoms with Crippen LogP contribution < -0.4 is 10.6 Å². The Balaban J connectivity index is 2.18. The zero-order valence-corrected chi connectivity index (χ0v) is 10.3. The molecule has 18 heavy (non-hydrogen) atoms. The molecule has 1 heterocycles. The number of hydrogen-bond donors (Lipinski definition) is 1. The second kappa shape index (κ2) is 5.07. The first-order valence-corrected chi connectivity index (χ1v) is 5.86. The second-order valence-corrected chi connectivity index (χ2v) is 4.43. The summed E-state index contributed by atoms with van der Waals surface area (Å²) in [6.45, 7) is 1.54. The molecule has 1 saturated heterocycles. The van der Waals surface area contributed by atoms with Gasteiger partial charge in [-0.1, -0.05) is 0 Å². The zero-order valence-electron chi connectivity index (χ0n) is 10.3. The molecule has 0 saturated carbocycles. The molecule has 1 fully saturated rings. The van der Waals surface area contributed by atoms with Crippen molar-refractivity contribution in [3.8, 4) is 6.07 Å². The van der Waals surface area contributed by atoms with Gasteiger partial charge in [-0.2, -0.15) is 5.26 Å². The molecule has 2 rings (SSSR count). The number of piperazine rings is 1. The molecule has 0 aromatic heterocycles. The standard InChI is InChI=1S/C13H16N4O/c1-16-12(7-15)8-17(9-13(16)18)11-4-2-10(6-14)3-5-11/h2-5,12H,7-9,15H2,1H3. The molecule has 94 valence electrons. The van der Waals surface area contributed by atoms with Crippen LogP contribution in [0.15, 0.2) is 24.3 Å². The summed E-state index contributed by atoms with van der Waals surface area (Å²) in [6.07, 6.45) is 0. The monoisotopic (exact) mass is 244 g/mol. The number of amides is 1. The fraction of sp³-hybridized carbons (Fsp3) is 0.385. The van der Waals surface area contributed by atoms with Crippen molar-refractivity contribution in [2.24, 2.45) is 5.73 Å². The smallest absolute Gasteiger partial charge is 0.242 e. The first-order valence-electron chi connectivity index (χ1n) is 5.86. The topological polar surface area (TPSA) is 73.4 Å². The lowest BCUT2D eigenvalue weighted by Crippen LogP contribution is -2.57. The lowest BCUT2D eigenvalue weighted by molar-refractivity contribution is -0.131. The van der Waals surface area contributed by atoms with Gasteiger partial charge in [0, 0.05) is 25.8 Å². The van der Waals surface area contributed by atoms with Gasteiger partial charge in [-0.05, 0) is 24.3 Å². The van der Waals surface area contributed by atoms with Gasteiger partial charge in [-0.25, -0.2) is 0 Å². The number of carbonyl (C=O) groups excluding carboxylic acids is 1. The van der Waals surface area contributed by atoms with E-state index in [1.165, 1.54) is 0 Å². The Morgan fingerprint density at radius 1 is 1.44 bits per heavy atom. The van der Waals surface area contributed by atoms with Crippen LogP contribution in [-0.2, 0) is 4.79 Å². The number of anilines is 1. The van der Waals surface area contributed by atoms with E-state index in [0.29, 0.717) is 18.7 Å². The number of hydrogen-bond acceptors (Lipinski definition) is 4. The van der Waals surface area contributed by atoms with Crippen LogP contribution in [0.25, 0.3) is 0 Å². The van der Waals surface area contributed by atoms with E-state index in [4.69, 9.17) is 11.0 Å². The summed E-state index contributed by atoms with van der Waals surface area (Å²) < 4.78 is 0. The summed E-state index contributed by atoms with van der Waals surface area (Å²) in [5.74, 6) is 0.0704. The van der Waals surface area contributed by atoms with Gasteiger partial charge in [0.2, 0.25) is 5.91 Å². The third-order valence-corrected chi connectivity index (χ3v) is 3.33. The number of nitrogens with zero attached hydrogens (tertiary/aromatic N) is 3. The molecule has 1 aliphatic heterocycles. The van der Waals surface area contributed by atoms with Crippen molar-refractivity contribution in [1.82, 2.24) is 4.90 Å². The van der Waals surface area contributed by atoms with Crippen molar-refractivity contribution in [2.45, 2.75) is 6.04 Å². The third-order valence-electron chi connectivity index (χ3n) is 3.33. The predicted molar refractivity (Wildman–Crippen MR) is 69.0 cm³/mol. The number of rotatable bonds is 2. The average Bonchev–Trinajstić information content (AvgIpc) is 2.42. The van der Waals surface area contributed by atoms with E-state index in [1.54, 1.807) is 24.1 Å². The highest BCUT2D eigenvalue weighted by Gasteiger charge is 2.28. The maximum absolute atomic E-state index is 11.8. The number of nitriles is 1. The van der Waals surface area contributed by atoms with E-state index in [-0.39, 0.29) is 11.9 Å². The Morgan fingerprint density at radius 2 is 2.11 bits per heavy atom. The van der Waals surface area contributed by atoms with Crippen LogP contribution in [0.1, 0.15) is 5.56 Å². The van der Waals surface area contributed by atoms with E-state index < -0.39 is 0 Å². The molecule has 1 aliphatic rings. The van der Waals surface area contributed by atoms with Crippen molar-refractivity contribution in [3.05, 3.63) is 29.8 Å². The summed E-state index contributed by atoms with van der Waals surface area (Å²) in [6, 6.07) is 9.37. The molecule has 2 N–H and O–H groups in total. The first-order chi connectivity index (χ1) is 8.65. The minimum absolute atomic E-state index is 0.0434. The van der Waals surface area contributed by atoms with Gasteiger partial charge in [0.1, 0.15) is 0 Å². The minimum atomic E-state index is 0.0434. The first kappa shape index (κ1) is 12.4. The van der Waals surface area contributed by atoms with Crippen molar-refractivity contribution < 1.29 is 4.79 Å². The number of likely N-dealkylation sites (N-methyl/N-ethyl adjacent to an activating group) is 1. The highest BCUT2D eigenvalue weighted by atomic mass is 16.2. The van der Waals surface area contributed by atoms with Crippen LogP contribution in [-0.4, -0.2) is 43.5 Å². The second-order valence-electron chi connectivity index (χ2n) is 4.43. The van der Waals surface area contributed by atoms with Gasteiger partial charge in [0.05, 0.1) is 24.2 Å². The SMILES string of the molecule is CN1C(=O)CN(c2ccc(C#N)cc2)CC1CN. The molecule has 0 aliphatic carbocycles. The third kappa shape index (κ3) is 2.29. The predicted octanol–water partition coefficient (Wildman–Crippen LogP) is 0.164. The summed E-state index contributed by atoms with van der Waals surface area (Å²) in [7, 11) is 1.79. The normalized spacial score (nSPS) is 19.8. The van der Waals surface area contributed by atoms with Crippen molar-refractivity contribution in [2.75, 3.05) is 31.6 Å². The van der Waals surface area contributed by atoms with E-state index >= 15 is 0 Å². The van der Waals surface area contributed by atoms with Gasteiger partial charge in [0.25, 0.3) is 0 Å². The molecule has 1 unspecified atom stereocenters. The molecule has 0 spiro atoms. The number of carbonyl (C=O) groups is 1. The summed E-state index contributed by atoms with van der Waals surface area (Å²) in [4.78, 5) is 15.6. The van der Waals surface area contributed by atoms with E-state index in [1.807, 2.05) is 17.0 Å². The molecule has 0 bridgehead atoms. The molecule has 5 nitrogen and oxygen atoms in total. The molecule has 1 aromatic rings. The highest BCUT2D eigenvalue weighted by Crippen LogP contribution is 2.19.